The van der Waals surface area contributed by atoms with Crippen molar-refractivity contribution in [2.24, 2.45) is 0 Å². The van der Waals surface area contributed by atoms with E-state index in [0.717, 1.165) is 32.1 Å². The molecule has 62 heavy (non-hydrogen) atoms. The second-order valence-electron chi connectivity index (χ2n) is 17.0. The summed E-state index contributed by atoms with van der Waals surface area (Å²) in [6.45, 7) is 4.62. The van der Waals surface area contributed by atoms with Gasteiger partial charge in [-0.05, 0) is 164 Å². The zero-order chi connectivity index (χ0) is 42.2. The van der Waals surface area contributed by atoms with Gasteiger partial charge in [0.05, 0.1) is 22.1 Å². The van der Waals surface area contributed by atoms with Crippen LogP contribution in [0.3, 0.4) is 0 Å². The highest BCUT2D eigenvalue weighted by molar-refractivity contribution is 6.12. The Morgan fingerprint density at radius 2 is 0.855 bits per heavy atom. The summed E-state index contributed by atoms with van der Waals surface area (Å²) >= 11 is 0. The highest BCUT2D eigenvalue weighted by Gasteiger charge is 2.18. The molecule has 0 spiro atoms. The first kappa shape index (κ1) is 39.1. The fourth-order valence-electron chi connectivity index (χ4n) is 9.45. The number of anilines is 4. The number of unbranched alkanes of at least 4 members (excludes halogenated alkanes) is 1. The normalized spacial score (nSPS) is 12.1. The Hall–Kier alpha value is -7.04. The Balaban J connectivity index is 0.923. The first-order valence-electron chi connectivity index (χ1n) is 22.3. The fourth-order valence-corrected chi connectivity index (χ4v) is 9.45. The molecule has 0 N–H and O–H groups in total. The van der Waals surface area contributed by atoms with Crippen LogP contribution in [0.15, 0.2) is 188 Å². The van der Waals surface area contributed by atoms with Crippen molar-refractivity contribution in [3.8, 4) is 11.4 Å². The van der Waals surface area contributed by atoms with Crippen molar-refractivity contribution in [2.45, 2.75) is 51.9 Å². The standard InChI is InChI=1S/C58H54N4/c1-5-41(2)44-29-33-56-52(38-44)54-40-49(60(4)46-23-11-7-12-24-46)31-35-58(54)62(56)50-27-17-20-42(36-50)18-15-16-19-43-28-32-55-51(37-43)53-39-48(59(3)45-21-9-6-10-22-45)30-34-57(53)61(55)47-25-13-8-14-26-47/h6-14,17,20-41H,5,15-16,18-19H2,1-4H3. The van der Waals surface area contributed by atoms with E-state index in [-0.39, 0.29) is 0 Å². The second kappa shape index (κ2) is 16.8. The van der Waals surface area contributed by atoms with Crippen molar-refractivity contribution in [2.75, 3.05) is 23.9 Å². The van der Waals surface area contributed by atoms with E-state index in [9.17, 15) is 0 Å². The Morgan fingerprint density at radius 3 is 1.42 bits per heavy atom. The van der Waals surface area contributed by atoms with Gasteiger partial charge in [-0.15, -0.1) is 0 Å². The molecule has 0 saturated carbocycles. The molecule has 0 amide bonds. The lowest BCUT2D eigenvalue weighted by atomic mass is 9.97. The summed E-state index contributed by atoms with van der Waals surface area (Å²) in [7, 11) is 4.32. The molecule has 0 aliphatic rings. The van der Waals surface area contributed by atoms with Gasteiger partial charge in [-0.2, -0.15) is 0 Å². The van der Waals surface area contributed by atoms with Crippen LogP contribution in [0.2, 0.25) is 0 Å². The maximum atomic E-state index is 2.48. The van der Waals surface area contributed by atoms with E-state index in [1.165, 1.54) is 94.4 Å². The Morgan fingerprint density at radius 1 is 0.403 bits per heavy atom. The molecule has 306 valence electrons. The van der Waals surface area contributed by atoms with E-state index in [0.29, 0.717) is 5.92 Å². The predicted molar refractivity (Wildman–Crippen MR) is 266 cm³/mol. The monoisotopic (exact) mass is 806 g/mol. The number of fused-ring (bicyclic) bond motifs is 6. The summed E-state index contributed by atoms with van der Waals surface area (Å²) in [6.07, 6.45) is 5.46. The molecule has 1 atom stereocenters. The minimum absolute atomic E-state index is 0.507. The van der Waals surface area contributed by atoms with Crippen LogP contribution in [0.5, 0.6) is 0 Å². The lowest BCUT2D eigenvalue weighted by Crippen LogP contribution is -2.08. The number of para-hydroxylation sites is 3. The SMILES string of the molecule is CCC(C)c1ccc2c(c1)c1cc(N(C)c3ccccc3)ccc1n2-c1cccc(CCCCc2ccc3c(c2)c2cc(N(C)c4ccccc4)ccc2n3-c2ccccc2)c1. The lowest BCUT2D eigenvalue weighted by Gasteiger charge is -2.19. The summed E-state index contributed by atoms with van der Waals surface area (Å²) in [5.41, 5.74) is 16.3. The van der Waals surface area contributed by atoms with Crippen LogP contribution < -0.4 is 9.80 Å². The van der Waals surface area contributed by atoms with Crippen LogP contribution in [0.25, 0.3) is 55.0 Å². The minimum Gasteiger partial charge on any atom is -0.345 e. The smallest absolute Gasteiger partial charge is 0.0542 e. The van der Waals surface area contributed by atoms with Gasteiger partial charge in [-0.3, -0.25) is 0 Å². The van der Waals surface area contributed by atoms with Gasteiger partial charge in [-0.1, -0.05) is 92.7 Å². The van der Waals surface area contributed by atoms with Crippen molar-refractivity contribution in [3.05, 3.63) is 205 Å². The molecule has 0 aliphatic heterocycles. The average molecular weight is 807 g/mol. The highest BCUT2D eigenvalue weighted by Crippen LogP contribution is 2.39. The maximum Gasteiger partial charge on any atom is 0.0542 e. The van der Waals surface area contributed by atoms with Crippen molar-refractivity contribution in [3.63, 3.8) is 0 Å². The molecule has 1 unspecified atom stereocenters. The van der Waals surface area contributed by atoms with Crippen LogP contribution in [0.4, 0.5) is 22.7 Å². The number of aromatic nitrogens is 2. The van der Waals surface area contributed by atoms with Crippen LogP contribution in [0, 0.1) is 0 Å². The largest absolute Gasteiger partial charge is 0.345 e. The Kier molecular flexibility index (Phi) is 10.6. The molecular formula is C58H54N4. The molecular weight excluding hydrogens is 753 g/mol. The van der Waals surface area contributed by atoms with Crippen LogP contribution in [-0.4, -0.2) is 23.2 Å². The van der Waals surface area contributed by atoms with E-state index in [2.05, 4.69) is 235 Å². The van der Waals surface area contributed by atoms with Crippen LogP contribution in [-0.2, 0) is 12.8 Å². The first-order chi connectivity index (χ1) is 30.4. The third kappa shape index (κ3) is 7.30. The molecule has 10 rings (SSSR count). The van der Waals surface area contributed by atoms with Gasteiger partial charge in [0.25, 0.3) is 0 Å². The molecule has 0 saturated heterocycles. The average Bonchev–Trinajstić information content (AvgIpc) is 3.84. The predicted octanol–water partition coefficient (Wildman–Crippen LogP) is 15.5. The summed E-state index contributed by atoms with van der Waals surface area (Å²) in [5, 5.41) is 5.19. The summed E-state index contributed by atoms with van der Waals surface area (Å²) in [4.78, 5) is 4.56. The van der Waals surface area contributed by atoms with Gasteiger partial charge in [0, 0.05) is 69.8 Å². The van der Waals surface area contributed by atoms with Gasteiger partial charge in [0.15, 0.2) is 0 Å². The van der Waals surface area contributed by atoms with Crippen molar-refractivity contribution < 1.29 is 0 Å². The van der Waals surface area contributed by atoms with Gasteiger partial charge in [-0.25, -0.2) is 0 Å². The van der Waals surface area contributed by atoms with E-state index < -0.39 is 0 Å². The number of aryl methyl sites for hydroxylation is 2. The molecule has 10 aromatic rings. The molecule has 0 fully saturated rings. The molecule has 4 nitrogen and oxygen atoms in total. The minimum atomic E-state index is 0.507. The zero-order valence-electron chi connectivity index (χ0n) is 36.3. The second-order valence-corrected chi connectivity index (χ2v) is 17.0. The quantitative estimate of drug-likeness (QED) is 0.108. The van der Waals surface area contributed by atoms with E-state index in [1.807, 2.05) is 0 Å². The number of nitrogens with zero attached hydrogens (tertiary/aromatic N) is 4. The summed E-state index contributed by atoms with van der Waals surface area (Å²) in [5.74, 6) is 0.507. The molecule has 0 radical (unpaired) electrons. The Labute approximate surface area is 365 Å². The number of rotatable bonds is 13. The van der Waals surface area contributed by atoms with Gasteiger partial charge in [0.2, 0.25) is 0 Å². The van der Waals surface area contributed by atoms with Crippen molar-refractivity contribution in [1.82, 2.24) is 9.13 Å². The summed E-state index contributed by atoms with van der Waals surface area (Å²) < 4.78 is 4.89. The number of hydrogen-bond donors (Lipinski definition) is 0. The van der Waals surface area contributed by atoms with E-state index in [4.69, 9.17) is 0 Å². The molecule has 2 aromatic heterocycles. The van der Waals surface area contributed by atoms with Gasteiger partial charge < -0.3 is 18.9 Å². The third-order valence-electron chi connectivity index (χ3n) is 13.2. The first-order valence-corrected chi connectivity index (χ1v) is 22.3. The molecule has 4 heteroatoms. The fraction of sp³-hybridized carbons (Fsp3) is 0.172. The summed E-state index contributed by atoms with van der Waals surface area (Å²) in [6, 6.07) is 69.4. The van der Waals surface area contributed by atoms with Crippen LogP contribution in [0.1, 0.15) is 55.7 Å². The zero-order valence-corrected chi connectivity index (χ0v) is 36.3. The Bertz CT molecular complexity index is 3160. The lowest BCUT2D eigenvalue weighted by molar-refractivity contribution is 0.734. The maximum absolute atomic E-state index is 2.48. The van der Waals surface area contributed by atoms with Crippen LogP contribution >= 0.6 is 0 Å². The molecule has 0 bridgehead atoms. The third-order valence-corrected chi connectivity index (χ3v) is 13.2. The highest BCUT2D eigenvalue weighted by atomic mass is 15.1. The van der Waals surface area contributed by atoms with Gasteiger partial charge in [0.1, 0.15) is 0 Å². The van der Waals surface area contributed by atoms with Crippen molar-refractivity contribution >= 4 is 66.4 Å². The van der Waals surface area contributed by atoms with E-state index in [1.54, 1.807) is 0 Å². The topological polar surface area (TPSA) is 16.3 Å². The number of benzene rings is 8. The van der Waals surface area contributed by atoms with Gasteiger partial charge >= 0.3 is 0 Å². The van der Waals surface area contributed by atoms with E-state index >= 15 is 0 Å². The molecule has 8 aromatic carbocycles. The van der Waals surface area contributed by atoms with Crippen molar-refractivity contribution in [1.29, 1.82) is 0 Å². The molecule has 0 aliphatic carbocycles. The number of hydrogen-bond acceptors (Lipinski definition) is 2. The molecule has 2 heterocycles.